The number of benzene rings is 2. The fourth-order valence-electron chi connectivity index (χ4n) is 4.64. The van der Waals surface area contributed by atoms with Crippen molar-refractivity contribution in [2.75, 3.05) is 7.05 Å². The van der Waals surface area contributed by atoms with Crippen LogP contribution in [0.15, 0.2) is 60.4 Å². The maximum atomic E-state index is 13.1. The summed E-state index contributed by atoms with van der Waals surface area (Å²) in [7, 11) is 1.66. The smallest absolute Gasteiger partial charge is 0.249 e. The van der Waals surface area contributed by atoms with E-state index in [0.29, 0.717) is 13.0 Å². The Bertz CT molecular complexity index is 1100. The van der Waals surface area contributed by atoms with Gasteiger partial charge in [0.1, 0.15) is 0 Å². The number of Topliss-reactive ketones (excluding diaryl/α,β-unsaturated/α-hetero) is 1. The number of hydrogen-bond donors (Lipinski definition) is 1. The average molecular weight is 415 g/mol. The molecule has 1 aliphatic heterocycles. The summed E-state index contributed by atoms with van der Waals surface area (Å²) in [5, 5.41) is 2.78. The summed E-state index contributed by atoms with van der Waals surface area (Å²) in [5.74, 6) is -0.0239. The van der Waals surface area contributed by atoms with Gasteiger partial charge in [-0.25, -0.2) is 0 Å². The van der Waals surface area contributed by atoms with Crippen LogP contribution in [-0.4, -0.2) is 23.6 Å². The highest BCUT2D eigenvalue weighted by Crippen LogP contribution is 2.36. The Morgan fingerprint density at radius 2 is 1.84 bits per heavy atom. The summed E-state index contributed by atoms with van der Waals surface area (Å²) in [4.78, 5) is 27.8. The highest BCUT2D eigenvalue weighted by molar-refractivity contribution is 6.02. The molecule has 2 aliphatic rings. The van der Waals surface area contributed by atoms with Gasteiger partial charge in [0.05, 0.1) is 0 Å². The van der Waals surface area contributed by atoms with Crippen LogP contribution in [0.1, 0.15) is 44.6 Å². The number of amides is 1. The molecule has 0 spiro atoms. The van der Waals surface area contributed by atoms with Gasteiger partial charge in [0.2, 0.25) is 5.91 Å². The van der Waals surface area contributed by atoms with E-state index in [2.05, 4.69) is 55.3 Å². The summed E-state index contributed by atoms with van der Waals surface area (Å²) in [6, 6.07) is 12.5. The molecular weight excluding hydrogens is 384 g/mol. The van der Waals surface area contributed by atoms with Crippen LogP contribution in [0.25, 0.3) is 0 Å². The molecule has 0 fully saturated rings. The summed E-state index contributed by atoms with van der Waals surface area (Å²) in [5.41, 5.74) is 7.56. The lowest BCUT2D eigenvalue weighted by Crippen LogP contribution is -2.30. The Balaban J connectivity index is 1.53. The summed E-state index contributed by atoms with van der Waals surface area (Å²) in [6.45, 7) is 6.95. The minimum absolute atomic E-state index is 0.0708. The zero-order chi connectivity index (χ0) is 22.1. The van der Waals surface area contributed by atoms with Crippen molar-refractivity contribution < 1.29 is 9.59 Å². The number of fused-ring (bicyclic) bond motifs is 1. The van der Waals surface area contributed by atoms with Crippen molar-refractivity contribution in [3.05, 3.63) is 93.8 Å². The molecule has 1 amide bonds. The second-order valence-corrected chi connectivity index (χ2v) is 8.81. The molecule has 4 heteroatoms. The van der Waals surface area contributed by atoms with E-state index in [1.165, 1.54) is 16.7 Å². The normalized spacial score (nSPS) is 19.9. The van der Waals surface area contributed by atoms with E-state index in [9.17, 15) is 9.59 Å². The molecule has 4 nitrogen and oxygen atoms in total. The first-order valence-corrected chi connectivity index (χ1v) is 10.9. The first-order valence-electron chi connectivity index (χ1n) is 10.9. The van der Waals surface area contributed by atoms with Gasteiger partial charge in [0, 0.05) is 49.0 Å². The van der Waals surface area contributed by atoms with Gasteiger partial charge in [-0.05, 0) is 67.5 Å². The minimum Gasteiger partial charge on any atom is -0.355 e. The molecule has 0 radical (unpaired) electrons. The largest absolute Gasteiger partial charge is 0.355 e. The Kier molecular flexibility index (Phi) is 5.81. The number of allylic oxidation sites excluding steroid dienone is 1. The van der Waals surface area contributed by atoms with Crippen LogP contribution in [0.3, 0.4) is 0 Å². The van der Waals surface area contributed by atoms with Gasteiger partial charge in [0.15, 0.2) is 5.78 Å². The van der Waals surface area contributed by atoms with E-state index in [1.807, 2.05) is 30.6 Å². The Morgan fingerprint density at radius 3 is 2.58 bits per heavy atom. The van der Waals surface area contributed by atoms with Gasteiger partial charge >= 0.3 is 0 Å². The first kappa shape index (κ1) is 21.1. The molecule has 0 saturated heterocycles. The summed E-state index contributed by atoms with van der Waals surface area (Å²) < 4.78 is 0. The van der Waals surface area contributed by atoms with Crippen molar-refractivity contribution in [3.63, 3.8) is 0 Å². The SMILES string of the molecule is CNC(=O)C1=CN(Cc2ccccc2C)C=CC1CC1Cc2cc(C)c(C)cc2C1=O. The van der Waals surface area contributed by atoms with Crippen LogP contribution in [0.2, 0.25) is 0 Å². The molecule has 2 aromatic carbocycles. The average Bonchev–Trinajstić information content (AvgIpc) is 3.05. The number of ketones is 1. The predicted molar refractivity (Wildman–Crippen MR) is 124 cm³/mol. The number of nitrogens with one attached hydrogen (secondary N) is 1. The monoisotopic (exact) mass is 414 g/mol. The topological polar surface area (TPSA) is 49.4 Å². The fraction of sp³-hybridized carbons (Fsp3) is 0.333. The lowest BCUT2D eigenvalue weighted by Gasteiger charge is -2.28. The van der Waals surface area contributed by atoms with Crippen molar-refractivity contribution >= 4 is 11.7 Å². The molecule has 2 atom stereocenters. The fourth-order valence-corrected chi connectivity index (χ4v) is 4.64. The van der Waals surface area contributed by atoms with Gasteiger partial charge in [-0.2, -0.15) is 0 Å². The Hall–Kier alpha value is -3.14. The molecule has 1 heterocycles. The third-order valence-corrected chi connectivity index (χ3v) is 6.68. The molecule has 0 saturated carbocycles. The quantitative estimate of drug-likeness (QED) is 0.776. The summed E-state index contributed by atoms with van der Waals surface area (Å²) >= 11 is 0. The Labute approximate surface area is 184 Å². The van der Waals surface area contributed by atoms with Crippen LogP contribution in [0.5, 0.6) is 0 Å². The van der Waals surface area contributed by atoms with E-state index in [4.69, 9.17) is 0 Å². The molecule has 2 unspecified atom stereocenters. The lowest BCUT2D eigenvalue weighted by molar-refractivity contribution is -0.117. The van der Waals surface area contributed by atoms with Gasteiger partial charge in [-0.3, -0.25) is 9.59 Å². The molecule has 0 aromatic heterocycles. The van der Waals surface area contributed by atoms with Gasteiger partial charge in [-0.1, -0.05) is 36.4 Å². The van der Waals surface area contributed by atoms with Crippen LogP contribution in [0, 0.1) is 32.6 Å². The Morgan fingerprint density at radius 1 is 1.10 bits per heavy atom. The van der Waals surface area contributed by atoms with E-state index in [-0.39, 0.29) is 23.5 Å². The van der Waals surface area contributed by atoms with Crippen molar-refractivity contribution in [1.29, 1.82) is 0 Å². The molecule has 1 aliphatic carbocycles. The molecule has 4 rings (SSSR count). The third-order valence-electron chi connectivity index (χ3n) is 6.68. The lowest BCUT2D eigenvalue weighted by atomic mass is 9.85. The molecule has 31 heavy (non-hydrogen) atoms. The second kappa shape index (κ2) is 8.54. The van der Waals surface area contributed by atoms with Gasteiger partial charge < -0.3 is 10.2 Å². The van der Waals surface area contributed by atoms with E-state index < -0.39 is 0 Å². The van der Waals surface area contributed by atoms with E-state index in [1.54, 1.807) is 7.05 Å². The van der Waals surface area contributed by atoms with Crippen LogP contribution in [-0.2, 0) is 17.8 Å². The standard InChI is InChI=1S/C27H30N2O2/c1-17-7-5-6-8-21(17)15-29-10-9-20(25(16-29)27(31)28-4)13-23-14-22-11-18(2)19(3)12-24(22)26(23)30/h5-12,16,20,23H,13-15H2,1-4H3,(H,28,31). The molecule has 160 valence electrons. The number of hydrogen-bond acceptors (Lipinski definition) is 3. The summed E-state index contributed by atoms with van der Waals surface area (Å²) in [6.07, 6.45) is 7.48. The van der Waals surface area contributed by atoms with Crippen LogP contribution in [0.4, 0.5) is 0 Å². The van der Waals surface area contributed by atoms with Crippen molar-refractivity contribution in [3.8, 4) is 0 Å². The minimum atomic E-state index is -0.0845. The molecule has 0 bridgehead atoms. The van der Waals surface area contributed by atoms with E-state index in [0.717, 1.165) is 28.7 Å². The highest BCUT2D eigenvalue weighted by atomic mass is 16.1. The number of carbonyl (C=O) groups is 2. The maximum Gasteiger partial charge on any atom is 0.249 e. The number of nitrogens with zero attached hydrogens (tertiary/aromatic N) is 1. The maximum absolute atomic E-state index is 13.1. The number of aryl methyl sites for hydroxylation is 3. The van der Waals surface area contributed by atoms with Gasteiger partial charge in [0.25, 0.3) is 0 Å². The predicted octanol–water partition coefficient (Wildman–Crippen LogP) is 4.63. The zero-order valence-electron chi connectivity index (χ0n) is 18.7. The van der Waals surface area contributed by atoms with Crippen LogP contribution < -0.4 is 5.32 Å². The molecule has 1 N–H and O–H groups in total. The van der Waals surface area contributed by atoms with E-state index >= 15 is 0 Å². The molecule has 2 aromatic rings. The zero-order valence-corrected chi connectivity index (χ0v) is 18.7. The van der Waals surface area contributed by atoms with Crippen molar-refractivity contribution in [1.82, 2.24) is 10.2 Å². The van der Waals surface area contributed by atoms with Crippen molar-refractivity contribution in [2.24, 2.45) is 11.8 Å². The molecular formula is C27H30N2O2. The van der Waals surface area contributed by atoms with Crippen LogP contribution >= 0.6 is 0 Å². The number of likely N-dealkylation sites (N-methyl/N-ethyl adjacent to an activating group) is 1. The highest BCUT2D eigenvalue weighted by Gasteiger charge is 2.34. The van der Waals surface area contributed by atoms with Crippen molar-refractivity contribution in [2.45, 2.75) is 40.2 Å². The number of rotatable bonds is 5. The first-order chi connectivity index (χ1) is 14.9. The third kappa shape index (κ3) is 4.20. The van der Waals surface area contributed by atoms with Gasteiger partial charge in [-0.15, -0.1) is 0 Å². The number of carbonyl (C=O) groups excluding carboxylic acids is 2. The second-order valence-electron chi connectivity index (χ2n) is 8.81.